The predicted octanol–water partition coefficient (Wildman–Crippen LogP) is 1.10. The van der Waals surface area contributed by atoms with Gasteiger partial charge in [-0.3, -0.25) is 0 Å². The molecule has 1 aromatic heterocycles. The van der Waals surface area contributed by atoms with Crippen LogP contribution >= 0.6 is 11.6 Å². The lowest BCUT2D eigenvalue weighted by Gasteiger charge is -2.15. The third kappa shape index (κ3) is 2.09. The third-order valence-electron chi connectivity index (χ3n) is 2.70. The van der Waals surface area contributed by atoms with Crippen molar-refractivity contribution in [3.05, 3.63) is 11.5 Å². The van der Waals surface area contributed by atoms with E-state index >= 15 is 0 Å². The van der Waals surface area contributed by atoms with Crippen LogP contribution in [0.25, 0.3) is 0 Å². The summed E-state index contributed by atoms with van der Waals surface area (Å²) in [5.74, 6) is 0.502. The van der Waals surface area contributed by atoms with Gasteiger partial charge in [0.2, 0.25) is 5.03 Å². The summed E-state index contributed by atoms with van der Waals surface area (Å²) in [5, 5.41) is 0.0995. The minimum Gasteiger partial charge on any atom is -0.324 e. The molecule has 1 saturated carbocycles. The van der Waals surface area contributed by atoms with Crippen molar-refractivity contribution in [2.75, 3.05) is 13.6 Å². The summed E-state index contributed by atoms with van der Waals surface area (Å²) < 4.78 is 27.0. The summed E-state index contributed by atoms with van der Waals surface area (Å²) in [4.78, 5) is 3.84. The van der Waals surface area contributed by atoms with Crippen molar-refractivity contribution in [3.63, 3.8) is 0 Å². The van der Waals surface area contributed by atoms with Gasteiger partial charge < -0.3 is 4.57 Å². The number of aryl methyl sites for hydroxylation is 1. The summed E-state index contributed by atoms with van der Waals surface area (Å²) in [6.07, 6.45) is 3.62. The average Bonchev–Trinajstić information content (AvgIpc) is 2.95. The lowest BCUT2D eigenvalue weighted by atomic mass is 10.4. The highest BCUT2D eigenvalue weighted by atomic mass is 35.5. The molecule has 1 aromatic rings. The van der Waals surface area contributed by atoms with Crippen molar-refractivity contribution in [1.29, 1.82) is 0 Å². The summed E-state index contributed by atoms with van der Waals surface area (Å²) in [6, 6.07) is 0. The van der Waals surface area contributed by atoms with Crippen molar-refractivity contribution < 1.29 is 8.42 Å². The van der Waals surface area contributed by atoms with Gasteiger partial charge in [0.15, 0.2) is 0 Å². The first-order valence-electron chi connectivity index (χ1n) is 5.06. The van der Waals surface area contributed by atoms with Crippen molar-refractivity contribution in [1.82, 2.24) is 13.9 Å². The second-order valence-electron chi connectivity index (χ2n) is 4.18. The molecular formula is C9H14ClN3O2S. The Morgan fingerprint density at radius 3 is 2.69 bits per heavy atom. The lowest BCUT2D eigenvalue weighted by Crippen LogP contribution is -2.29. The van der Waals surface area contributed by atoms with E-state index in [9.17, 15) is 8.42 Å². The molecular weight excluding hydrogens is 250 g/mol. The zero-order chi connectivity index (χ0) is 11.9. The highest BCUT2D eigenvalue weighted by Crippen LogP contribution is 2.31. The molecule has 0 aliphatic heterocycles. The maximum atomic E-state index is 12.1. The number of nitrogens with zero attached hydrogens (tertiary/aromatic N) is 3. The molecule has 0 saturated heterocycles. The molecule has 5 nitrogen and oxygen atoms in total. The SMILES string of the molecule is CN(CC1CC1)S(=O)(=O)c1ncn(C)c1Cl. The molecule has 90 valence electrons. The first-order valence-corrected chi connectivity index (χ1v) is 6.88. The van der Waals surface area contributed by atoms with Gasteiger partial charge in [-0.15, -0.1) is 0 Å². The van der Waals surface area contributed by atoms with E-state index in [0.717, 1.165) is 12.8 Å². The molecule has 1 aliphatic carbocycles. The highest BCUT2D eigenvalue weighted by molar-refractivity contribution is 7.89. The first kappa shape index (κ1) is 11.9. The van der Waals surface area contributed by atoms with Crippen LogP contribution < -0.4 is 0 Å². The quantitative estimate of drug-likeness (QED) is 0.818. The number of imidazole rings is 1. The van der Waals surface area contributed by atoms with Crippen molar-refractivity contribution >= 4 is 21.6 Å². The van der Waals surface area contributed by atoms with Crippen LogP contribution in [-0.2, 0) is 17.1 Å². The topological polar surface area (TPSA) is 55.2 Å². The fourth-order valence-electron chi connectivity index (χ4n) is 1.48. The Morgan fingerprint density at radius 2 is 2.25 bits per heavy atom. The number of hydrogen-bond donors (Lipinski definition) is 0. The molecule has 16 heavy (non-hydrogen) atoms. The molecule has 0 bridgehead atoms. The lowest BCUT2D eigenvalue weighted by molar-refractivity contribution is 0.451. The van der Waals surface area contributed by atoms with E-state index in [-0.39, 0.29) is 10.2 Å². The Morgan fingerprint density at radius 1 is 1.62 bits per heavy atom. The Bertz CT molecular complexity index is 493. The van der Waals surface area contributed by atoms with Gasteiger partial charge >= 0.3 is 0 Å². The van der Waals surface area contributed by atoms with Gasteiger partial charge in [-0.05, 0) is 18.8 Å². The van der Waals surface area contributed by atoms with E-state index in [0.29, 0.717) is 12.5 Å². The fourth-order valence-corrected chi connectivity index (χ4v) is 3.10. The number of hydrogen-bond acceptors (Lipinski definition) is 3. The van der Waals surface area contributed by atoms with E-state index in [1.54, 1.807) is 14.1 Å². The van der Waals surface area contributed by atoms with Gasteiger partial charge in [0, 0.05) is 20.6 Å². The van der Waals surface area contributed by atoms with Crippen LogP contribution in [0.3, 0.4) is 0 Å². The minimum absolute atomic E-state index is 0.0557. The molecule has 0 amide bonds. The van der Waals surface area contributed by atoms with Crippen molar-refractivity contribution in [2.24, 2.45) is 13.0 Å². The summed E-state index contributed by atoms with van der Waals surface area (Å²) in [6.45, 7) is 0.551. The largest absolute Gasteiger partial charge is 0.324 e. The molecule has 7 heteroatoms. The molecule has 0 atom stereocenters. The molecule has 0 aromatic carbocycles. The maximum absolute atomic E-state index is 12.1. The molecule has 0 unspecified atom stereocenters. The Kier molecular flexibility index (Phi) is 2.98. The average molecular weight is 264 g/mol. The van der Waals surface area contributed by atoms with Crippen LogP contribution in [0, 0.1) is 5.92 Å². The standard InChI is InChI=1S/C9H14ClN3O2S/c1-12-6-11-9(8(12)10)16(14,15)13(2)5-7-3-4-7/h6-7H,3-5H2,1-2H3. The molecule has 2 rings (SSSR count). The smallest absolute Gasteiger partial charge is 0.263 e. The summed E-state index contributed by atoms with van der Waals surface area (Å²) >= 11 is 5.88. The number of halogens is 1. The van der Waals surface area contributed by atoms with Crippen molar-refractivity contribution in [3.8, 4) is 0 Å². The van der Waals surface area contributed by atoms with E-state index in [1.165, 1.54) is 15.2 Å². The summed E-state index contributed by atoms with van der Waals surface area (Å²) in [5.41, 5.74) is 0. The number of rotatable bonds is 4. The zero-order valence-corrected chi connectivity index (χ0v) is 10.8. The second-order valence-corrected chi connectivity index (χ2v) is 6.50. The van der Waals surface area contributed by atoms with E-state index in [2.05, 4.69) is 4.98 Å². The fraction of sp³-hybridized carbons (Fsp3) is 0.667. The Hall–Kier alpha value is -0.590. The second kappa shape index (κ2) is 4.01. The molecule has 0 spiro atoms. The molecule has 1 heterocycles. The Labute approximate surface area is 100 Å². The van der Waals surface area contributed by atoms with Crippen molar-refractivity contribution in [2.45, 2.75) is 17.9 Å². The van der Waals surface area contributed by atoms with Gasteiger partial charge in [-0.2, -0.15) is 4.31 Å². The summed E-state index contributed by atoms with van der Waals surface area (Å²) in [7, 11) is -0.304. The normalized spacial score (nSPS) is 17.0. The highest BCUT2D eigenvalue weighted by Gasteiger charge is 2.32. The van der Waals surface area contributed by atoms with Crippen LogP contribution in [0.5, 0.6) is 0 Å². The predicted molar refractivity (Wildman–Crippen MR) is 60.8 cm³/mol. The van der Waals surface area contributed by atoms with Gasteiger partial charge in [-0.1, -0.05) is 11.6 Å². The molecule has 1 aliphatic rings. The van der Waals surface area contributed by atoms with Gasteiger partial charge in [-0.25, -0.2) is 13.4 Å². The molecule has 1 fully saturated rings. The van der Waals surface area contributed by atoms with Crippen LogP contribution in [0.2, 0.25) is 5.15 Å². The molecule has 0 radical (unpaired) electrons. The third-order valence-corrected chi connectivity index (χ3v) is 5.02. The van der Waals surface area contributed by atoms with E-state index < -0.39 is 10.0 Å². The Balaban J connectivity index is 2.26. The van der Waals surface area contributed by atoms with Crippen LogP contribution in [-0.4, -0.2) is 35.9 Å². The first-order chi connectivity index (χ1) is 7.43. The van der Waals surface area contributed by atoms with Crippen LogP contribution in [0.15, 0.2) is 11.4 Å². The van der Waals surface area contributed by atoms with Crippen LogP contribution in [0.4, 0.5) is 0 Å². The minimum atomic E-state index is -3.53. The van der Waals surface area contributed by atoms with Gasteiger partial charge in [0.05, 0.1) is 6.33 Å². The van der Waals surface area contributed by atoms with Gasteiger partial charge in [0.25, 0.3) is 10.0 Å². The van der Waals surface area contributed by atoms with E-state index in [1.807, 2.05) is 0 Å². The maximum Gasteiger partial charge on any atom is 0.263 e. The number of aromatic nitrogens is 2. The monoisotopic (exact) mass is 263 g/mol. The van der Waals surface area contributed by atoms with E-state index in [4.69, 9.17) is 11.6 Å². The number of sulfonamides is 1. The zero-order valence-electron chi connectivity index (χ0n) is 9.22. The molecule has 0 N–H and O–H groups in total. The van der Waals surface area contributed by atoms with Crippen LogP contribution in [0.1, 0.15) is 12.8 Å². The van der Waals surface area contributed by atoms with Gasteiger partial charge in [0.1, 0.15) is 5.15 Å².